The van der Waals surface area contributed by atoms with Crippen LogP contribution in [0.2, 0.25) is 0 Å². The molecular weight excluding hydrogens is 231 g/mol. The standard InChI is InChI=1S/C6H13O8P/c1-2-3(7)4(8)5(9)6(13-2)14-15(10,11)12/h2-9H,1H3,(H2,10,11,12)/t2-,3-,4-,5+,6-/m0/s1. The molecule has 0 aromatic carbocycles. The lowest BCUT2D eigenvalue weighted by Crippen LogP contribution is -2.57. The summed E-state index contributed by atoms with van der Waals surface area (Å²) in [5, 5.41) is 27.8. The van der Waals surface area contributed by atoms with Gasteiger partial charge in [0.25, 0.3) is 0 Å². The van der Waals surface area contributed by atoms with E-state index < -0.39 is 38.5 Å². The minimum absolute atomic E-state index is 0.903. The Morgan fingerprint density at radius 3 is 2.13 bits per heavy atom. The number of rotatable bonds is 2. The molecule has 0 aliphatic carbocycles. The Bertz CT molecular complexity index is 264. The summed E-state index contributed by atoms with van der Waals surface area (Å²) in [6.45, 7) is 1.37. The molecule has 0 aromatic rings. The molecule has 1 aliphatic rings. The van der Waals surface area contributed by atoms with E-state index in [0.29, 0.717) is 0 Å². The Kier molecular flexibility index (Phi) is 3.85. The third-order valence-corrected chi connectivity index (χ3v) is 2.53. The van der Waals surface area contributed by atoms with Gasteiger partial charge in [-0.2, -0.15) is 0 Å². The average molecular weight is 244 g/mol. The van der Waals surface area contributed by atoms with Crippen molar-refractivity contribution in [3.63, 3.8) is 0 Å². The highest BCUT2D eigenvalue weighted by Gasteiger charge is 2.44. The lowest BCUT2D eigenvalue weighted by Gasteiger charge is -2.38. The van der Waals surface area contributed by atoms with Crippen molar-refractivity contribution in [1.29, 1.82) is 0 Å². The number of aliphatic hydroxyl groups excluding tert-OH is 3. The molecule has 0 saturated carbocycles. The summed E-state index contributed by atoms with van der Waals surface area (Å²) in [7, 11) is -4.82. The van der Waals surface area contributed by atoms with Gasteiger partial charge in [0.2, 0.25) is 0 Å². The smallest absolute Gasteiger partial charge is 0.388 e. The fraction of sp³-hybridized carbons (Fsp3) is 1.00. The van der Waals surface area contributed by atoms with E-state index in [1.54, 1.807) is 0 Å². The predicted molar refractivity (Wildman–Crippen MR) is 45.5 cm³/mol. The molecule has 9 heteroatoms. The molecule has 5 atom stereocenters. The molecule has 1 heterocycles. The molecule has 0 spiro atoms. The van der Waals surface area contributed by atoms with Gasteiger partial charge in [-0.05, 0) is 6.92 Å². The van der Waals surface area contributed by atoms with Crippen molar-refractivity contribution < 1.29 is 38.9 Å². The van der Waals surface area contributed by atoms with Crippen LogP contribution in [0.25, 0.3) is 0 Å². The Balaban J connectivity index is 2.71. The first-order valence-electron chi connectivity index (χ1n) is 4.16. The van der Waals surface area contributed by atoms with Crippen molar-refractivity contribution in [3.05, 3.63) is 0 Å². The fourth-order valence-corrected chi connectivity index (χ4v) is 1.68. The van der Waals surface area contributed by atoms with E-state index in [4.69, 9.17) is 14.5 Å². The van der Waals surface area contributed by atoms with Crippen molar-refractivity contribution in [3.8, 4) is 0 Å². The molecule has 0 amide bonds. The third-order valence-electron chi connectivity index (χ3n) is 2.05. The van der Waals surface area contributed by atoms with Gasteiger partial charge < -0.3 is 29.8 Å². The Hall–Kier alpha value is -0.0500. The first kappa shape index (κ1) is 13.0. The lowest BCUT2D eigenvalue weighted by molar-refractivity contribution is -0.271. The summed E-state index contributed by atoms with van der Waals surface area (Å²) < 4.78 is 19.4. The molecule has 1 aliphatic heterocycles. The van der Waals surface area contributed by atoms with Crippen LogP contribution < -0.4 is 0 Å². The van der Waals surface area contributed by atoms with Gasteiger partial charge in [0.05, 0.1) is 6.10 Å². The molecule has 1 saturated heterocycles. The minimum atomic E-state index is -4.82. The van der Waals surface area contributed by atoms with Gasteiger partial charge in [-0.3, -0.25) is 4.52 Å². The van der Waals surface area contributed by atoms with Crippen LogP contribution in [0.1, 0.15) is 6.92 Å². The van der Waals surface area contributed by atoms with E-state index in [1.165, 1.54) is 6.92 Å². The predicted octanol–water partition coefficient (Wildman–Crippen LogP) is -2.08. The molecular formula is C6H13O8P. The Labute approximate surface area is 85.3 Å². The lowest BCUT2D eigenvalue weighted by atomic mass is 10.0. The van der Waals surface area contributed by atoms with Crippen LogP contribution >= 0.6 is 7.82 Å². The van der Waals surface area contributed by atoms with E-state index >= 15 is 0 Å². The number of hydrogen-bond acceptors (Lipinski definition) is 6. The molecule has 8 nitrogen and oxygen atoms in total. The maximum absolute atomic E-state index is 10.5. The number of phosphoric acid groups is 1. The maximum atomic E-state index is 10.5. The van der Waals surface area contributed by atoms with E-state index in [1.807, 2.05) is 0 Å². The van der Waals surface area contributed by atoms with E-state index in [0.717, 1.165) is 0 Å². The largest absolute Gasteiger partial charge is 0.472 e. The second kappa shape index (κ2) is 4.44. The summed E-state index contributed by atoms with van der Waals surface area (Å²) >= 11 is 0. The maximum Gasteiger partial charge on any atom is 0.472 e. The SMILES string of the molecule is C[C@@H]1O[C@@H](OP(=O)(O)O)[C@H](O)[C@@H](O)[C@H]1O. The second-order valence-corrected chi connectivity index (χ2v) is 4.47. The third kappa shape index (κ3) is 3.20. The summed E-state index contributed by atoms with van der Waals surface area (Å²) in [6, 6.07) is 0. The van der Waals surface area contributed by atoms with Crippen LogP contribution in [0.15, 0.2) is 0 Å². The summed E-state index contributed by atoms with van der Waals surface area (Å²) in [5.41, 5.74) is 0. The molecule has 1 rings (SSSR count). The van der Waals surface area contributed by atoms with Gasteiger partial charge in [-0.25, -0.2) is 4.57 Å². The fourth-order valence-electron chi connectivity index (χ4n) is 1.24. The monoisotopic (exact) mass is 244 g/mol. The molecule has 90 valence electrons. The molecule has 0 bridgehead atoms. The van der Waals surface area contributed by atoms with Crippen molar-refractivity contribution >= 4 is 7.82 Å². The van der Waals surface area contributed by atoms with Gasteiger partial charge in [-0.15, -0.1) is 0 Å². The number of hydrogen-bond donors (Lipinski definition) is 5. The van der Waals surface area contributed by atoms with Gasteiger partial charge in [0, 0.05) is 0 Å². The van der Waals surface area contributed by atoms with Crippen molar-refractivity contribution in [2.75, 3.05) is 0 Å². The van der Waals surface area contributed by atoms with Gasteiger partial charge in [0.15, 0.2) is 6.29 Å². The molecule has 0 radical (unpaired) electrons. The number of phosphoric ester groups is 1. The van der Waals surface area contributed by atoms with E-state index in [-0.39, 0.29) is 0 Å². The Morgan fingerprint density at radius 1 is 1.13 bits per heavy atom. The van der Waals surface area contributed by atoms with Crippen molar-refractivity contribution in [2.24, 2.45) is 0 Å². The first-order valence-corrected chi connectivity index (χ1v) is 5.69. The zero-order valence-electron chi connectivity index (χ0n) is 7.79. The minimum Gasteiger partial charge on any atom is -0.388 e. The highest BCUT2D eigenvalue weighted by atomic mass is 31.2. The highest BCUT2D eigenvalue weighted by Crippen LogP contribution is 2.40. The van der Waals surface area contributed by atoms with Gasteiger partial charge in [0.1, 0.15) is 18.3 Å². The number of ether oxygens (including phenoxy) is 1. The van der Waals surface area contributed by atoms with Crippen molar-refractivity contribution in [1.82, 2.24) is 0 Å². The van der Waals surface area contributed by atoms with Crippen LogP contribution in [-0.2, 0) is 13.8 Å². The summed E-state index contributed by atoms with van der Waals surface area (Å²) in [4.78, 5) is 17.0. The van der Waals surface area contributed by atoms with Gasteiger partial charge >= 0.3 is 7.82 Å². The highest BCUT2D eigenvalue weighted by molar-refractivity contribution is 7.46. The topological polar surface area (TPSA) is 137 Å². The van der Waals surface area contributed by atoms with Gasteiger partial charge in [-0.1, -0.05) is 0 Å². The molecule has 0 unspecified atom stereocenters. The zero-order valence-corrected chi connectivity index (χ0v) is 8.69. The quantitative estimate of drug-likeness (QED) is 0.349. The van der Waals surface area contributed by atoms with Crippen molar-refractivity contribution in [2.45, 2.75) is 37.6 Å². The number of aliphatic hydroxyl groups is 3. The normalized spacial score (nSPS) is 42.9. The van der Waals surface area contributed by atoms with Crippen LogP contribution in [-0.4, -0.2) is 55.8 Å². The van der Waals surface area contributed by atoms with Crippen LogP contribution in [0, 0.1) is 0 Å². The molecule has 1 fully saturated rings. The van der Waals surface area contributed by atoms with E-state index in [9.17, 15) is 19.9 Å². The first-order chi connectivity index (χ1) is 6.72. The molecule has 5 N–H and O–H groups in total. The average Bonchev–Trinajstić information content (AvgIpc) is 2.08. The summed E-state index contributed by atoms with van der Waals surface area (Å²) in [5.74, 6) is 0. The molecule has 15 heavy (non-hydrogen) atoms. The summed E-state index contributed by atoms with van der Waals surface area (Å²) in [6.07, 6.45) is -7.20. The zero-order chi connectivity index (χ0) is 11.8. The molecule has 0 aromatic heterocycles. The van der Waals surface area contributed by atoms with E-state index in [2.05, 4.69) is 4.52 Å². The van der Waals surface area contributed by atoms with Crippen LogP contribution in [0.5, 0.6) is 0 Å². The van der Waals surface area contributed by atoms with Crippen LogP contribution in [0.4, 0.5) is 0 Å². The second-order valence-electron chi connectivity index (χ2n) is 3.28. The Morgan fingerprint density at radius 2 is 1.67 bits per heavy atom. The van der Waals surface area contributed by atoms with Crippen LogP contribution in [0.3, 0.4) is 0 Å².